The summed E-state index contributed by atoms with van der Waals surface area (Å²) in [5.41, 5.74) is -0.0305. The number of piperidine rings is 1. The van der Waals surface area contributed by atoms with Crippen LogP contribution in [-0.4, -0.2) is 35.6 Å². The maximum Gasteiger partial charge on any atom is 0.311 e. The predicted octanol–water partition coefficient (Wildman–Crippen LogP) is 1.77. The summed E-state index contributed by atoms with van der Waals surface area (Å²) in [7, 11) is 0. The van der Waals surface area contributed by atoms with Crippen molar-refractivity contribution in [2.75, 3.05) is 24.6 Å². The Morgan fingerprint density at radius 3 is 3.15 bits per heavy atom. The number of hydrogen-bond acceptors (Lipinski definition) is 6. The summed E-state index contributed by atoms with van der Waals surface area (Å²) in [5.74, 6) is -0.160. The summed E-state index contributed by atoms with van der Waals surface area (Å²) >= 11 is 0. The third-order valence-electron chi connectivity index (χ3n) is 3.30. The Hall–Kier alpha value is -2.18. The molecule has 0 saturated carbocycles. The van der Waals surface area contributed by atoms with Gasteiger partial charge in [-0.2, -0.15) is 0 Å². The van der Waals surface area contributed by atoms with Crippen molar-refractivity contribution in [3.8, 4) is 0 Å². The molecule has 0 aliphatic carbocycles. The van der Waals surface area contributed by atoms with Crippen LogP contribution in [0.4, 0.5) is 11.5 Å². The molecule has 0 unspecified atom stereocenters. The fourth-order valence-corrected chi connectivity index (χ4v) is 2.40. The number of pyridine rings is 1. The van der Waals surface area contributed by atoms with Gasteiger partial charge in [0.1, 0.15) is 0 Å². The first-order valence-corrected chi connectivity index (χ1v) is 6.64. The Morgan fingerprint density at radius 2 is 2.45 bits per heavy atom. The van der Waals surface area contributed by atoms with Gasteiger partial charge in [-0.15, -0.1) is 0 Å². The van der Waals surface area contributed by atoms with Gasteiger partial charge in [0.25, 0.3) is 0 Å². The molecule has 1 atom stereocenters. The van der Waals surface area contributed by atoms with Crippen LogP contribution in [0.2, 0.25) is 0 Å². The minimum absolute atomic E-state index is 0.0305. The zero-order valence-corrected chi connectivity index (χ0v) is 11.3. The van der Waals surface area contributed by atoms with Gasteiger partial charge in [0.05, 0.1) is 17.4 Å². The molecular formula is C13H17N3O4. The SMILES string of the molecule is CCOC(=O)[C@H]1CCCN(c2ncccc2[N+](=O)[O-])C1. The molecule has 1 aliphatic rings. The number of carbonyl (C=O) groups is 1. The van der Waals surface area contributed by atoms with E-state index in [-0.39, 0.29) is 17.6 Å². The summed E-state index contributed by atoms with van der Waals surface area (Å²) in [6, 6.07) is 2.96. The van der Waals surface area contributed by atoms with Gasteiger partial charge in [0.2, 0.25) is 5.82 Å². The van der Waals surface area contributed by atoms with Crippen LogP contribution < -0.4 is 4.90 Å². The lowest BCUT2D eigenvalue weighted by Gasteiger charge is -2.31. The number of hydrogen-bond donors (Lipinski definition) is 0. The summed E-state index contributed by atoms with van der Waals surface area (Å²) in [4.78, 5) is 28.3. The standard InChI is InChI=1S/C13H17N3O4/c1-2-20-13(17)10-5-4-8-15(9-10)12-11(16(18)19)6-3-7-14-12/h3,6-7,10H,2,4-5,8-9H2,1H3/t10-/m0/s1. The molecule has 0 spiro atoms. The number of nitro groups is 1. The van der Waals surface area contributed by atoms with Gasteiger partial charge in [-0.05, 0) is 25.8 Å². The van der Waals surface area contributed by atoms with Gasteiger partial charge >= 0.3 is 11.7 Å². The number of esters is 1. The Labute approximate surface area is 116 Å². The van der Waals surface area contributed by atoms with Crippen LogP contribution in [0.5, 0.6) is 0 Å². The van der Waals surface area contributed by atoms with Crippen molar-refractivity contribution in [1.29, 1.82) is 0 Å². The van der Waals surface area contributed by atoms with E-state index in [4.69, 9.17) is 4.74 Å². The molecule has 7 heteroatoms. The van der Waals surface area contributed by atoms with Gasteiger partial charge in [-0.3, -0.25) is 14.9 Å². The molecule has 20 heavy (non-hydrogen) atoms. The first kappa shape index (κ1) is 14.2. The van der Waals surface area contributed by atoms with Crippen molar-refractivity contribution in [2.45, 2.75) is 19.8 Å². The summed E-state index contributed by atoms with van der Waals surface area (Å²) in [6.07, 6.45) is 3.06. The van der Waals surface area contributed by atoms with Crippen LogP contribution in [0.15, 0.2) is 18.3 Å². The Bertz CT molecular complexity index is 506. The highest BCUT2D eigenvalue weighted by Crippen LogP contribution is 2.29. The van der Waals surface area contributed by atoms with Crippen LogP contribution >= 0.6 is 0 Å². The Morgan fingerprint density at radius 1 is 1.65 bits per heavy atom. The number of aromatic nitrogens is 1. The summed E-state index contributed by atoms with van der Waals surface area (Å²) in [6.45, 7) is 3.19. The zero-order valence-electron chi connectivity index (χ0n) is 11.3. The van der Waals surface area contributed by atoms with Crippen LogP contribution in [0, 0.1) is 16.0 Å². The van der Waals surface area contributed by atoms with Gasteiger partial charge in [0.15, 0.2) is 0 Å². The largest absolute Gasteiger partial charge is 0.466 e. The van der Waals surface area contributed by atoms with Crippen LogP contribution in [0.1, 0.15) is 19.8 Å². The second-order valence-corrected chi connectivity index (χ2v) is 4.64. The minimum atomic E-state index is -0.448. The highest BCUT2D eigenvalue weighted by atomic mass is 16.6. The number of carbonyl (C=O) groups excluding carboxylic acids is 1. The van der Waals surface area contributed by atoms with Crippen LogP contribution in [0.3, 0.4) is 0 Å². The van der Waals surface area contributed by atoms with Gasteiger partial charge in [0, 0.05) is 25.4 Å². The molecule has 1 aromatic rings. The van der Waals surface area contributed by atoms with Crippen LogP contribution in [0.25, 0.3) is 0 Å². The summed E-state index contributed by atoms with van der Waals surface area (Å²) in [5, 5.41) is 11.0. The van der Waals surface area contributed by atoms with E-state index in [9.17, 15) is 14.9 Å². The second-order valence-electron chi connectivity index (χ2n) is 4.64. The fourth-order valence-electron chi connectivity index (χ4n) is 2.40. The van der Waals surface area contributed by atoms with Crippen molar-refractivity contribution in [3.05, 3.63) is 28.4 Å². The third-order valence-corrected chi connectivity index (χ3v) is 3.30. The normalized spacial score (nSPS) is 18.6. The number of nitrogens with zero attached hydrogens (tertiary/aromatic N) is 3. The molecule has 2 heterocycles. The van der Waals surface area contributed by atoms with E-state index in [0.29, 0.717) is 25.5 Å². The first-order valence-electron chi connectivity index (χ1n) is 6.64. The molecule has 0 amide bonds. The Kier molecular flexibility index (Phi) is 4.49. The average Bonchev–Trinajstić information content (AvgIpc) is 2.47. The maximum atomic E-state index is 11.8. The third kappa shape index (κ3) is 3.04. The highest BCUT2D eigenvalue weighted by molar-refractivity contribution is 5.74. The highest BCUT2D eigenvalue weighted by Gasteiger charge is 2.30. The molecule has 0 radical (unpaired) electrons. The minimum Gasteiger partial charge on any atom is -0.466 e. The molecule has 1 saturated heterocycles. The topological polar surface area (TPSA) is 85.6 Å². The van der Waals surface area contributed by atoms with Crippen molar-refractivity contribution in [1.82, 2.24) is 4.98 Å². The molecule has 1 fully saturated rings. The second kappa shape index (κ2) is 6.31. The van der Waals surface area contributed by atoms with Gasteiger partial charge in [-0.1, -0.05) is 0 Å². The van der Waals surface area contributed by atoms with Gasteiger partial charge < -0.3 is 9.64 Å². The summed E-state index contributed by atoms with van der Waals surface area (Å²) < 4.78 is 5.02. The van der Waals surface area contributed by atoms with Crippen LogP contribution in [-0.2, 0) is 9.53 Å². The monoisotopic (exact) mass is 279 g/mol. The lowest BCUT2D eigenvalue weighted by molar-refractivity contribution is -0.384. The van der Waals surface area contributed by atoms with E-state index in [1.165, 1.54) is 18.3 Å². The molecule has 0 aromatic carbocycles. The van der Waals surface area contributed by atoms with Gasteiger partial charge in [-0.25, -0.2) is 4.98 Å². The fraction of sp³-hybridized carbons (Fsp3) is 0.538. The molecule has 1 aliphatic heterocycles. The predicted molar refractivity (Wildman–Crippen MR) is 72.5 cm³/mol. The molecule has 1 aromatic heterocycles. The molecule has 108 valence electrons. The first-order chi connectivity index (χ1) is 9.63. The van der Waals surface area contributed by atoms with E-state index in [1.807, 2.05) is 0 Å². The van der Waals surface area contributed by atoms with E-state index in [1.54, 1.807) is 11.8 Å². The molecule has 0 bridgehead atoms. The lowest BCUT2D eigenvalue weighted by Crippen LogP contribution is -2.40. The quantitative estimate of drug-likeness (QED) is 0.474. The molecular weight excluding hydrogens is 262 g/mol. The number of anilines is 1. The van der Waals surface area contributed by atoms with Crippen molar-refractivity contribution in [3.63, 3.8) is 0 Å². The maximum absolute atomic E-state index is 11.8. The average molecular weight is 279 g/mol. The lowest BCUT2D eigenvalue weighted by atomic mass is 9.98. The number of ether oxygens (including phenoxy) is 1. The zero-order chi connectivity index (χ0) is 14.5. The van der Waals surface area contributed by atoms with E-state index >= 15 is 0 Å². The van der Waals surface area contributed by atoms with Crippen molar-refractivity contribution in [2.24, 2.45) is 5.92 Å². The van der Waals surface area contributed by atoms with Crippen molar-refractivity contribution >= 4 is 17.5 Å². The molecule has 2 rings (SSSR count). The van der Waals surface area contributed by atoms with E-state index in [0.717, 1.165) is 12.8 Å². The number of rotatable bonds is 4. The Balaban J connectivity index is 2.17. The molecule has 0 N–H and O–H groups in total. The van der Waals surface area contributed by atoms with E-state index < -0.39 is 4.92 Å². The van der Waals surface area contributed by atoms with E-state index in [2.05, 4.69) is 4.98 Å². The smallest absolute Gasteiger partial charge is 0.311 e. The van der Waals surface area contributed by atoms with Crippen molar-refractivity contribution < 1.29 is 14.5 Å². The molecule has 7 nitrogen and oxygen atoms in total.